The van der Waals surface area contributed by atoms with Crippen LogP contribution >= 0.6 is 11.3 Å². The molecule has 0 saturated carbocycles. The summed E-state index contributed by atoms with van der Waals surface area (Å²) in [4.78, 5) is 37.5. The quantitative estimate of drug-likeness (QED) is 0.403. The number of hydrogen-bond donors (Lipinski definition) is 1. The first kappa shape index (κ1) is 27.0. The van der Waals surface area contributed by atoms with Crippen LogP contribution in [0.1, 0.15) is 50.6 Å². The van der Waals surface area contributed by atoms with Gasteiger partial charge in [0.05, 0.1) is 18.8 Å². The normalized spacial score (nSPS) is 11.2. The maximum Gasteiger partial charge on any atom is 0.348 e. The fourth-order valence-electron chi connectivity index (χ4n) is 3.17. The van der Waals surface area contributed by atoms with E-state index in [4.69, 9.17) is 13.9 Å². The van der Waals surface area contributed by atoms with Crippen molar-refractivity contribution in [2.75, 3.05) is 24.3 Å². The van der Waals surface area contributed by atoms with Crippen molar-refractivity contribution >= 4 is 44.0 Å². The van der Waals surface area contributed by atoms with Gasteiger partial charge < -0.3 is 19.2 Å². The third-order valence-corrected chi connectivity index (χ3v) is 7.61. The predicted molar refractivity (Wildman–Crippen MR) is 131 cm³/mol. The van der Waals surface area contributed by atoms with Crippen LogP contribution in [0.15, 0.2) is 27.8 Å². The van der Waals surface area contributed by atoms with Gasteiger partial charge in [0.2, 0.25) is 21.6 Å². The van der Waals surface area contributed by atoms with Crippen LogP contribution in [0.2, 0.25) is 0 Å². The lowest BCUT2D eigenvalue weighted by Gasteiger charge is -2.07. The molecule has 0 saturated heterocycles. The number of amides is 1. The molecule has 0 spiro atoms. The number of carbonyl (C=O) groups is 3. The fraction of sp³-hybridized carbons (Fsp3) is 0.348. The molecule has 0 bridgehead atoms. The third kappa shape index (κ3) is 5.79. The molecule has 1 aromatic carbocycles. The molecule has 0 aliphatic heterocycles. The monoisotopic (exact) mass is 535 g/mol. The van der Waals surface area contributed by atoms with Gasteiger partial charge in [-0.25, -0.2) is 18.0 Å². The highest BCUT2D eigenvalue weighted by molar-refractivity contribution is 7.91. The minimum absolute atomic E-state index is 0.00496. The van der Waals surface area contributed by atoms with Crippen LogP contribution in [-0.2, 0) is 24.1 Å². The summed E-state index contributed by atoms with van der Waals surface area (Å²) in [6, 6.07) is 5.34. The van der Waals surface area contributed by atoms with Crippen molar-refractivity contribution in [1.29, 1.82) is 0 Å². The lowest BCUT2D eigenvalue weighted by atomic mass is 10.1. The molecule has 0 fully saturated rings. The van der Waals surface area contributed by atoms with E-state index >= 15 is 0 Å². The second-order valence-electron chi connectivity index (χ2n) is 7.68. The van der Waals surface area contributed by atoms with E-state index in [2.05, 4.69) is 15.5 Å². The largest absolute Gasteiger partial charge is 0.462 e. The molecule has 2 aromatic heterocycles. The Kier molecular flexibility index (Phi) is 8.25. The number of aryl methyl sites for hydroxylation is 2. The second kappa shape index (κ2) is 11.0. The number of ether oxygens (including phenoxy) is 2. The van der Waals surface area contributed by atoms with Gasteiger partial charge in [-0.2, -0.15) is 0 Å². The van der Waals surface area contributed by atoms with Crippen LogP contribution in [0.4, 0.5) is 5.00 Å². The van der Waals surface area contributed by atoms with E-state index in [-0.39, 0.29) is 40.1 Å². The zero-order chi connectivity index (χ0) is 26.6. The Morgan fingerprint density at radius 1 is 1.00 bits per heavy atom. The van der Waals surface area contributed by atoms with Crippen LogP contribution in [0, 0.1) is 20.8 Å². The molecule has 2 heterocycles. The number of sulfone groups is 1. The molecule has 3 aromatic rings. The van der Waals surface area contributed by atoms with E-state index in [0.29, 0.717) is 5.56 Å². The Morgan fingerprint density at radius 3 is 2.31 bits per heavy atom. The lowest BCUT2D eigenvalue weighted by molar-refractivity contribution is -0.113. The summed E-state index contributed by atoms with van der Waals surface area (Å²) in [6.45, 7) is 8.73. The average molecular weight is 536 g/mol. The highest BCUT2D eigenvalue weighted by Gasteiger charge is 2.30. The zero-order valence-electron chi connectivity index (χ0n) is 20.3. The van der Waals surface area contributed by atoms with Crippen molar-refractivity contribution in [2.24, 2.45) is 0 Å². The summed E-state index contributed by atoms with van der Waals surface area (Å²) in [6.07, 6.45) is 0. The number of benzene rings is 1. The van der Waals surface area contributed by atoms with Crippen molar-refractivity contribution in [3.63, 3.8) is 0 Å². The Hall–Kier alpha value is -3.58. The Labute approximate surface area is 211 Å². The van der Waals surface area contributed by atoms with E-state index in [0.717, 1.165) is 22.5 Å². The van der Waals surface area contributed by atoms with E-state index in [1.54, 1.807) is 26.0 Å². The molecule has 192 valence electrons. The number of anilines is 1. The molecule has 13 heteroatoms. The van der Waals surface area contributed by atoms with Gasteiger partial charge in [0.25, 0.3) is 0 Å². The molecule has 1 N–H and O–H groups in total. The first-order valence-corrected chi connectivity index (χ1v) is 13.4. The lowest BCUT2D eigenvalue weighted by Crippen LogP contribution is -2.24. The maximum absolute atomic E-state index is 12.8. The Balaban J connectivity index is 1.84. The molecular weight excluding hydrogens is 510 g/mol. The van der Waals surface area contributed by atoms with Crippen LogP contribution in [0.25, 0.3) is 11.5 Å². The predicted octanol–water partition coefficient (Wildman–Crippen LogP) is 3.49. The van der Waals surface area contributed by atoms with Crippen molar-refractivity contribution in [3.05, 3.63) is 45.3 Å². The third-order valence-electron chi connectivity index (χ3n) is 5.09. The first-order chi connectivity index (χ1) is 17.0. The van der Waals surface area contributed by atoms with Crippen molar-refractivity contribution in [1.82, 2.24) is 10.2 Å². The van der Waals surface area contributed by atoms with Crippen LogP contribution in [0.5, 0.6) is 0 Å². The minimum Gasteiger partial charge on any atom is -0.462 e. The molecule has 1 amide bonds. The molecular formula is C23H25N3O8S2. The molecule has 36 heavy (non-hydrogen) atoms. The Morgan fingerprint density at radius 2 is 1.67 bits per heavy atom. The van der Waals surface area contributed by atoms with Crippen LogP contribution in [-0.4, -0.2) is 55.4 Å². The topological polar surface area (TPSA) is 155 Å². The number of esters is 2. The van der Waals surface area contributed by atoms with Gasteiger partial charge in [-0.15, -0.1) is 16.4 Å². The van der Waals surface area contributed by atoms with Crippen molar-refractivity contribution < 1.29 is 36.7 Å². The summed E-state index contributed by atoms with van der Waals surface area (Å²) in [5, 5.41) is 9.02. The summed E-state index contributed by atoms with van der Waals surface area (Å²) in [7, 11) is -4.31. The molecule has 0 unspecified atom stereocenters. The fourth-order valence-corrected chi connectivity index (χ4v) is 5.18. The number of nitrogens with one attached hydrogen (secondary N) is 1. The number of aromatic nitrogens is 2. The molecule has 0 atom stereocenters. The van der Waals surface area contributed by atoms with Gasteiger partial charge in [-0.05, 0) is 63.4 Å². The molecule has 0 aliphatic carbocycles. The summed E-state index contributed by atoms with van der Waals surface area (Å²) in [5.41, 5.74) is 2.74. The summed E-state index contributed by atoms with van der Waals surface area (Å²) >= 11 is 0.789. The maximum atomic E-state index is 12.8. The number of hydrogen-bond acceptors (Lipinski definition) is 11. The molecule has 11 nitrogen and oxygen atoms in total. The number of rotatable bonds is 9. The molecule has 3 rings (SSSR count). The Bertz CT molecular complexity index is 1420. The van der Waals surface area contributed by atoms with E-state index in [9.17, 15) is 22.8 Å². The highest BCUT2D eigenvalue weighted by atomic mass is 32.2. The first-order valence-electron chi connectivity index (χ1n) is 10.9. The number of thiophene rings is 1. The summed E-state index contributed by atoms with van der Waals surface area (Å²) in [5.74, 6) is -3.45. The van der Waals surface area contributed by atoms with Crippen LogP contribution < -0.4 is 5.32 Å². The van der Waals surface area contributed by atoms with Gasteiger partial charge in [0.1, 0.15) is 15.6 Å². The smallest absolute Gasteiger partial charge is 0.348 e. The van der Waals surface area contributed by atoms with Crippen molar-refractivity contribution in [3.8, 4) is 11.5 Å². The van der Waals surface area contributed by atoms with E-state index in [1.807, 2.05) is 19.9 Å². The standard InChI is InChI=1S/C23H25N3O8S2/c1-6-32-21(28)17-14(5)18(22(29)33-7-2)35-20(17)24-16(27)11-36(30,31)23-26-25-19(34-23)15-9-8-12(3)13(4)10-15/h8-10H,6-7,11H2,1-5H3,(H,24,27). The number of nitrogens with zero attached hydrogens (tertiary/aromatic N) is 2. The zero-order valence-corrected chi connectivity index (χ0v) is 22.0. The summed E-state index contributed by atoms with van der Waals surface area (Å²) < 4.78 is 40.9. The van der Waals surface area contributed by atoms with Gasteiger partial charge >= 0.3 is 17.2 Å². The molecule has 0 aliphatic rings. The van der Waals surface area contributed by atoms with Gasteiger partial charge in [-0.3, -0.25) is 4.79 Å². The molecule has 0 radical (unpaired) electrons. The highest BCUT2D eigenvalue weighted by Crippen LogP contribution is 2.34. The average Bonchev–Trinajstić information content (AvgIpc) is 3.41. The number of carbonyl (C=O) groups excluding carboxylic acids is 3. The minimum atomic E-state index is -4.31. The SMILES string of the molecule is CCOC(=O)c1sc(NC(=O)CS(=O)(=O)c2nnc(-c3ccc(C)c(C)c3)o2)c(C(=O)OCC)c1C. The van der Waals surface area contributed by atoms with Gasteiger partial charge in [0, 0.05) is 5.56 Å². The van der Waals surface area contributed by atoms with Gasteiger partial charge in [0.15, 0.2) is 0 Å². The van der Waals surface area contributed by atoms with E-state index in [1.165, 1.54) is 6.92 Å². The van der Waals surface area contributed by atoms with Crippen molar-refractivity contribution in [2.45, 2.75) is 39.8 Å². The van der Waals surface area contributed by atoms with Crippen LogP contribution in [0.3, 0.4) is 0 Å². The van der Waals surface area contributed by atoms with Gasteiger partial charge in [-0.1, -0.05) is 11.2 Å². The second-order valence-corrected chi connectivity index (χ2v) is 10.6. The van der Waals surface area contributed by atoms with E-state index < -0.39 is 38.7 Å².